The van der Waals surface area contributed by atoms with Gasteiger partial charge in [-0.1, -0.05) is 42.5 Å². The van der Waals surface area contributed by atoms with Crippen molar-refractivity contribution in [2.75, 3.05) is 0 Å². The summed E-state index contributed by atoms with van der Waals surface area (Å²) in [4.78, 5) is 4.32. The van der Waals surface area contributed by atoms with Gasteiger partial charge in [-0.05, 0) is 55.3 Å². The minimum absolute atomic E-state index is 0.00247. The van der Waals surface area contributed by atoms with Crippen LogP contribution in [0.15, 0.2) is 79.0 Å². The van der Waals surface area contributed by atoms with Crippen molar-refractivity contribution in [1.82, 2.24) is 9.55 Å². The van der Waals surface area contributed by atoms with E-state index in [4.69, 9.17) is 0 Å². The number of hydrogen-bond donors (Lipinski definition) is 1. The van der Waals surface area contributed by atoms with Gasteiger partial charge in [-0.15, -0.1) is 0 Å². The molecule has 0 atom stereocenters. The third-order valence-electron chi connectivity index (χ3n) is 5.50. The first-order valence-electron chi connectivity index (χ1n) is 10.5. The normalized spacial score (nSPS) is 12.7. The molecule has 0 aliphatic heterocycles. The molecule has 0 saturated carbocycles. The van der Waals surface area contributed by atoms with E-state index in [1.165, 1.54) is 54.9 Å². The number of rotatable bonds is 4. The van der Waals surface area contributed by atoms with Crippen LogP contribution in [0.3, 0.4) is 0 Å². The number of aromatic nitrogens is 2. The fourth-order valence-electron chi connectivity index (χ4n) is 3.65. The molecule has 0 bridgehead atoms. The van der Waals surface area contributed by atoms with Gasteiger partial charge in [0.25, 0.3) is 0 Å². The van der Waals surface area contributed by atoms with Gasteiger partial charge in [-0.3, -0.25) is 4.57 Å². The van der Waals surface area contributed by atoms with Crippen molar-refractivity contribution >= 4 is 0 Å². The molecule has 0 aliphatic rings. The highest BCUT2D eigenvalue weighted by molar-refractivity contribution is 5.68. The maximum Gasteiger partial charge on any atom is 0.417 e. The van der Waals surface area contributed by atoms with Gasteiger partial charge in [0.15, 0.2) is 0 Å². The second-order valence-corrected chi connectivity index (χ2v) is 8.54. The molecular formula is C26H20F6N2O. The lowest BCUT2D eigenvalue weighted by Crippen LogP contribution is -2.15. The van der Waals surface area contributed by atoms with Gasteiger partial charge in [-0.2, -0.15) is 26.3 Å². The zero-order chi connectivity index (χ0) is 25.6. The minimum Gasteiger partial charge on any atom is -0.384 e. The van der Waals surface area contributed by atoms with Crippen molar-refractivity contribution in [3.05, 3.63) is 95.8 Å². The standard InChI is InChI=1S/C26H20F6N2O/c1-24(2,35)22-15-34(23(33-22)20-5-3-4-6-21(20)26(30,31)32)19-13-9-17(10-14-19)16-7-11-18(12-8-16)25(27,28)29/h3-15,35H,1-2H3. The van der Waals surface area contributed by atoms with Gasteiger partial charge >= 0.3 is 12.4 Å². The van der Waals surface area contributed by atoms with Gasteiger partial charge in [-0.25, -0.2) is 4.98 Å². The number of imidazole rings is 1. The highest BCUT2D eigenvalue weighted by Crippen LogP contribution is 2.38. The Bertz CT molecular complexity index is 1330. The van der Waals surface area contributed by atoms with E-state index in [9.17, 15) is 31.4 Å². The Morgan fingerprint density at radius 2 is 1.26 bits per heavy atom. The lowest BCUT2D eigenvalue weighted by atomic mass is 10.0. The van der Waals surface area contributed by atoms with E-state index in [1.54, 1.807) is 24.3 Å². The van der Waals surface area contributed by atoms with Crippen LogP contribution >= 0.6 is 0 Å². The first-order chi connectivity index (χ1) is 16.2. The predicted molar refractivity (Wildman–Crippen MR) is 120 cm³/mol. The second kappa shape index (κ2) is 8.57. The summed E-state index contributed by atoms with van der Waals surface area (Å²) >= 11 is 0. The zero-order valence-electron chi connectivity index (χ0n) is 18.6. The summed E-state index contributed by atoms with van der Waals surface area (Å²) in [6.07, 6.45) is -7.59. The topological polar surface area (TPSA) is 38.0 Å². The van der Waals surface area contributed by atoms with E-state index < -0.39 is 29.1 Å². The minimum atomic E-state index is -4.62. The number of hydrogen-bond acceptors (Lipinski definition) is 2. The highest BCUT2D eigenvalue weighted by Gasteiger charge is 2.35. The van der Waals surface area contributed by atoms with E-state index in [-0.39, 0.29) is 17.1 Å². The van der Waals surface area contributed by atoms with Gasteiger partial charge in [0.1, 0.15) is 11.4 Å². The zero-order valence-corrected chi connectivity index (χ0v) is 18.6. The molecule has 0 saturated heterocycles. The van der Waals surface area contributed by atoms with Crippen LogP contribution in [0.25, 0.3) is 28.2 Å². The molecule has 1 N–H and O–H groups in total. The van der Waals surface area contributed by atoms with Crippen molar-refractivity contribution in [3.63, 3.8) is 0 Å². The molecule has 1 aromatic heterocycles. The molecule has 0 unspecified atom stereocenters. The van der Waals surface area contributed by atoms with Gasteiger partial charge in [0.05, 0.1) is 16.8 Å². The number of aliphatic hydroxyl groups is 1. The molecule has 35 heavy (non-hydrogen) atoms. The fraction of sp³-hybridized carbons (Fsp3) is 0.192. The molecule has 9 heteroatoms. The number of halogens is 6. The Kier molecular flexibility index (Phi) is 6.00. The van der Waals surface area contributed by atoms with Gasteiger partial charge < -0.3 is 5.11 Å². The molecule has 0 fully saturated rings. The summed E-state index contributed by atoms with van der Waals surface area (Å²) in [5.74, 6) is -0.00247. The molecule has 0 amide bonds. The summed E-state index contributed by atoms with van der Waals surface area (Å²) in [6.45, 7) is 2.96. The van der Waals surface area contributed by atoms with Crippen molar-refractivity contribution in [2.24, 2.45) is 0 Å². The maximum atomic E-state index is 13.7. The van der Waals surface area contributed by atoms with E-state index in [2.05, 4.69) is 4.98 Å². The lowest BCUT2D eigenvalue weighted by molar-refractivity contribution is -0.138. The quantitative estimate of drug-likeness (QED) is 0.301. The maximum absolute atomic E-state index is 13.7. The van der Waals surface area contributed by atoms with E-state index >= 15 is 0 Å². The molecule has 0 aliphatic carbocycles. The molecule has 3 aromatic carbocycles. The van der Waals surface area contributed by atoms with Crippen molar-refractivity contribution in [2.45, 2.75) is 31.8 Å². The largest absolute Gasteiger partial charge is 0.417 e. The van der Waals surface area contributed by atoms with Crippen LogP contribution in [-0.4, -0.2) is 14.7 Å². The predicted octanol–water partition coefficient (Wildman–Crippen LogP) is 7.47. The molecule has 4 aromatic rings. The number of alkyl halides is 6. The summed E-state index contributed by atoms with van der Waals surface area (Å²) in [5.41, 5.74) is -1.36. The van der Waals surface area contributed by atoms with Crippen molar-refractivity contribution in [3.8, 4) is 28.2 Å². The Morgan fingerprint density at radius 3 is 1.77 bits per heavy atom. The average molecular weight is 490 g/mol. The summed E-state index contributed by atoms with van der Waals surface area (Å²) in [6, 6.07) is 16.3. The van der Waals surface area contributed by atoms with E-state index in [0.29, 0.717) is 16.8 Å². The second-order valence-electron chi connectivity index (χ2n) is 8.54. The van der Waals surface area contributed by atoms with Gasteiger partial charge in [0.2, 0.25) is 0 Å². The van der Waals surface area contributed by atoms with E-state index in [1.807, 2.05) is 0 Å². The Balaban J connectivity index is 1.79. The van der Waals surface area contributed by atoms with Crippen LogP contribution < -0.4 is 0 Å². The van der Waals surface area contributed by atoms with Crippen LogP contribution in [0, 0.1) is 0 Å². The molecular weight excluding hydrogens is 470 g/mol. The first-order valence-corrected chi connectivity index (χ1v) is 10.5. The molecule has 4 rings (SSSR count). The third kappa shape index (κ3) is 5.09. The van der Waals surface area contributed by atoms with Crippen LogP contribution in [0.1, 0.15) is 30.7 Å². The third-order valence-corrected chi connectivity index (χ3v) is 5.50. The van der Waals surface area contributed by atoms with Crippen molar-refractivity contribution < 1.29 is 31.4 Å². The summed E-state index contributed by atoms with van der Waals surface area (Å²) in [5, 5.41) is 10.4. The molecule has 0 spiro atoms. The molecule has 182 valence electrons. The number of benzene rings is 3. The van der Waals surface area contributed by atoms with Crippen LogP contribution in [0.4, 0.5) is 26.3 Å². The van der Waals surface area contributed by atoms with Gasteiger partial charge in [0, 0.05) is 17.4 Å². The molecule has 1 heterocycles. The SMILES string of the molecule is CC(C)(O)c1cn(-c2ccc(-c3ccc(C(F)(F)F)cc3)cc2)c(-c2ccccc2C(F)(F)F)n1. The van der Waals surface area contributed by atoms with Crippen molar-refractivity contribution in [1.29, 1.82) is 0 Å². The molecule has 3 nitrogen and oxygen atoms in total. The van der Waals surface area contributed by atoms with E-state index in [0.717, 1.165) is 18.2 Å². The summed E-state index contributed by atoms with van der Waals surface area (Å²) < 4.78 is 81.0. The summed E-state index contributed by atoms with van der Waals surface area (Å²) in [7, 11) is 0. The first kappa shape index (κ1) is 24.5. The van der Waals surface area contributed by atoms with Crippen LogP contribution in [-0.2, 0) is 18.0 Å². The highest BCUT2D eigenvalue weighted by atomic mass is 19.4. The van der Waals surface area contributed by atoms with Crippen LogP contribution in [0.2, 0.25) is 0 Å². The Labute approximate surface area is 197 Å². The lowest BCUT2D eigenvalue weighted by Gasteiger charge is -2.14. The molecule has 0 radical (unpaired) electrons. The Hall–Kier alpha value is -3.59. The Morgan fingerprint density at radius 1 is 0.714 bits per heavy atom. The number of nitrogens with zero attached hydrogens (tertiary/aromatic N) is 2. The fourth-order valence-corrected chi connectivity index (χ4v) is 3.65. The van der Waals surface area contributed by atoms with Crippen LogP contribution in [0.5, 0.6) is 0 Å². The average Bonchev–Trinajstić information content (AvgIpc) is 3.24. The smallest absolute Gasteiger partial charge is 0.384 e. The monoisotopic (exact) mass is 490 g/mol.